The molecule has 6 nitrogen and oxygen atoms in total. The summed E-state index contributed by atoms with van der Waals surface area (Å²) in [6.45, 7) is 3.60. The Kier molecular flexibility index (Phi) is 6.00. The smallest absolute Gasteiger partial charge is 0.457 e. The van der Waals surface area contributed by atoms with E-state index >= 15 is 0 Å². The number of anilines is 2. The largest absolute Gasteiger partial charge is 0.573 e. The Bertz CT molecular complexity index is 1120. The zero-order valence-electron chi connectivity index (χ0n) is 16.4. The molecule has 0 aliphatic carbocycles. The first-order valence-electron chi connectivity index (χ1n) is 8.90. The maximum Gasteiger partial charge on any atom is 0.573 e. The van der Waals surface area contributed by atoms with Gasteiger partial charge >= 0.3 is 6.36 Å². The third-order valence-electron chi connectivity index (χ3n) is 4.22. The van der Waals surface area contributed by atoms with E-state index in [4.69, 9.17) is 10.5 Å². The minimum absolute atomic E-state index is 0.0298. The van der Waals surface area contributed by atoms with Crippen molar-refractivity contribution in [3.8, 4) is 17.2 Å². The number of rotatable bonds is 5. The molecular formula is C21H17F4N3O3. The Morgan fingerprint density at radius 2 is 1.68 bits per heavy atom. The molecule has 1 aromatic heterocycles. The lowest BCUT2D eigenvalue weighted by atomic mass is 10.1. The lowest BCUT2D eigenvalue weighted by Gasteiger charge is -2.12. The summed E-state index contributed by atoms with van der Waals surface area (Å²) in [5.74, 6) is -2.27. The summed E-state index contributed by atoms with van der Waals surface area (Å²) in [4.78, 5) is 16.6. The summed E-state index contributed by atoms with van der Waals surface area (Å²) in [5.41, 5.74) is 8.04. The topological polar surface area (TPSA) is 86.5 Å². The van der Waals surface area contributed by atoms with Gasteiger partial charge in [0.25, 0.3) is 5.91 Å². The quantitative estimate of drug-likeness (QED) is 0.527. The molecule has 0 spiro atoms. The predicted octanol–water partition coefficient (Wildman–Crippen LogP) is 5.36. The number of nitrogen functional groups attached to an aromatic ring is 1. The number of carbonyl (C=O) groups excluding carboxylic acids is 1. The molecule has 1 heterocycles. The zero-order valence-corrected chi connectivity index (χ0v) is 16.4. The molecule has 3 aromatic rings. The fourth-order valence-electron chi connectivity index (χ4n) is 2.60. The highest BCUT2D eigenvalue weighted by atomic mass is 19.4. The molecular weight excluding hydrogens is 418 g/mol. The van der Waals surface area contributed by atoms with Gasteiger partial charge in [-0.2, -0.15) is 0 Å². The molecule has 2 aromatic carbocycles. The number of aryl methyl sites for hydroxylation is 2. The highest BCUT2D eigenvalue weighted by Gasteiger charge is 2.32. The monoisotopic (exact) mass is 435 g/mol. The number of hydrogen-bond donors (Lipinski definition) is 2. The fourth-order valence-corrected chi connectivity index (χ4v) is 2.60. The maximum atomic E-state index is 13.8. The van der Waals surface area contributed by atoms with Gasteiger partial charge in [-0.3, -0.25) is 4.79 Å². The van der Waals surface area contributed by atoms with Crippen molar-refractivity contribution < 1.29 is 31.8 Å². The summed E-state index contributed by atoms with van der Waals surface area (Å²) >= 11 is 0. The standard InChI is InChI=1S/C21H17F4N3O3/c1-11-9-16(19(26)27-12(11)2)20(29)28-13-3-5-14(6-4-13)30-15-7-8-18(17(22)10-15)31-21(23,24)25/h3-10H,1-2H3,(H2,26,27)(H,28,29). The van der Waals surface area contributed by atoms with Gasteiger partial charge in [-0.1, -0.05) is 0 Å². The molecule has 3 rings (SSSR count). The van der Waals surface area contributed by atoms with E-state index in [1.807, 2.05) is 6.92 Å². The summed E-state index contributed by atoms with van der Waals surface area (Å²) in [6.07, 6.45) is -5.00. The van der Waals surface area contributed by atoms with Gasteiger partial charge in [-0.25, -0.2) is 9.37 Å². The van der Waals surface area contributed by atoms with E-state index in [0.717, 1.165) is 29.5 Å². The van der Waals surface area contributed by atoms with E-state index in [0.29, 0.717) is 5.69 Å². The van der Waals surface area contributed by atoms with Crippen molar-refractivity contribution in [2.45, 2.75) is 20.2 Å². The normalized spacial score (nSPS) is 11.2. The van der Waals surface area contributed by atoms with Crippen LogP contribution in [-0.2, 0) is 0 Å². The molecule has 0 radical (unpaired) electrons. The number of ether oxygens (including phenoxy) is 2. The molecule has 0 aliphatic rings. The van der Waals surface area contributed by atoms with Gasteiger partial charge in [0.05, 0.1) is 5.56 Å². The van der Waals surface area contributed by atoms with Crippen molar-refractivity contribution in [2.75, 3.05) is 11.1 Å². The fraction of sp³-hybridized carbons (Fsp3) is 0.143. The van der Waals surface area contributed by atoms with E-state index in [1.165, 1.54) is 24.3 Å². The van der Waals surface area contributed by atoms with Gasteiger partial charge in [0, 0.05) is 17.4 Å². The molecule has 0 fully saturated rings. The van der Waals surface area contributed by atoms with E-state index in [2.05, 4.69) is 15.0 Å². The second kappa shape index (κ2) is 8.50. The molecule has 162 valence electrons. The van der Waals surface area contributed by atoms with Crippen LogP contribution < -0.4 is 20.5 Å². The molecule has 3 N–H and O–H groups in total. The van der Waals surface area contributed by atoms with Crippen LogP contribution in [0, 0.1) is 19.7 Å². The zero-order chi connectivity index (χ0) is 22.8. The van der Waals surface area contributed by atoms with Crippen molar-refractivity contribution >= 4 is 17.4 Å². The lowest BCUT2D eigenvalue weighted by molar-refractivity contribution is -0.275. The number of nitrogens with one attached hydrogen (secondary N) is 1. The van der Waals surface area contributed by atoms with E-state index in [1.54, 1.807) is 13.0 Å². The second-order valence-corrected chi connectivity index (χ2v) is 6.54. The number of carbonyl (C=O) groups is 1. The SMILES string of the molecule is Cc1cc(C(=O)Nc2ccc(Oc3ccc(OC(F)(F)F)c(F)c3)cc2)c(N)nc1C. The first-order valence-corrected chi connectivity index (χ1v) is 8.90. The molecule has 0 saturated carbocycles. The van der Waals surface area contributed by atoms with Crippen LogP contribution in [0.4, 0.5) is 29.1 Å². The van der Waals surface area contributed by atoms with Gasteiger partial charge in [-0.05, 0) is 61.9 Å². The van der Waals surface area contributed by atoms with Crippen LogP contribution in [0.5, 0.6) is 17.2 Å². The maximum absolute atomic E-state index is 13.8. The number of alkyl halides is 3. The number of amides is 1. The summed E-state index contributed by atoms with van der Waals surface area (Å²) in [5, 5.41) is 2.68. The van der Waals surface area contributed by atoms with Crippen molar-refractivity contribution in [2.24, 2.45) is 0 Å². The third-order valence-corrected chi connectivity index (χ3v) is 4.22. The first-order chi connectivity index (χ1) is 14.5. The minimum atomic E-state index is -5.00. The molecule has 1 amide bonds. The average molecular weight is 435 g/mol. The number of nitrogens with zero attached hydrogens (tertiary/aromatic N) is 1. The van der Waals surface area contributed by atoms with Crippen LogP contribution in [0.1, 0.15) is 21.6 Å². The average Bonchev–Trinajstić information content (AvgIpc) is 2.67. The van der Waals surface area contributed by atoms with Crippen LogP contribution >= 0.6 is 0 Å². The number of nitrogens with two attached hydrogens (primary N) is 1. The van der Waals surface area contributed by atoms with Crippen LogP contribution in [-0.4, -0.2) is 17.3 Å². The number of hydrogen-bond acceptors (Lipinski definition) is 5. The van der Waals surface area contributed by atoms with E-state index in [9.17, 15) is 22.4 Å². The highest BCUT2D eigenvalue weighted by Crippen LogP contribution is 2.30. The van der Waals surface area contributed by atoms with Crippen LogP contribution in [0.3, 0.4) is 0 Å². The number of benzene rings is 2. The predicted molar refractivity (Wildman–Crippen MR) is 106 cm³/mol. The van der Waals surface area contributed by atoms with Crippen molar-refractivity contribution in [1.82, 2.24) is 4.98 Å². The van der Waals surface area contributed by atoms with Crippen LogP contribution in [0.2, 0.25) is 0 Å². The van der Waals surface area contributed by atoms with Gasteiger partial charge in [-0.15, -0.1) is 13.2 Å². The second-order valence-electron chi connectivity index (χ2n) is 6.54. The van der Waals surface area contributed by atoms with Gasteiger partial charge < -0.3 is 20.5 Å². The van der Waals surface area contributed by atoms with Crippen LogP contribution in [0.25, 0.3) is 0 Å². The number of pyridine rings is 1. The molecule has 0 bridgehead atoms. The van der Waals surface area contributed by atoms with E-state index < -0.39 is 23.8 Å². The van der Waals surface area contributed by atoms with Crippen molar-refractivity contribution in [3.05, 3.63) is 71.2 Å². The van der Waals surface area contributed by atoms with Gasteiger partial charge in [0.2, 0.25) is 0 Å². The first kappa shape index (κ1) is 21.9. The highest BCUT2D eigenvalue weighted by molar-refractivity contribution is 6.07. The molecule has 0 aliphatic heterocycles. The Morgan fingerprint density at radius 1 is 1.03 bits per heavy atom. The number of aromatic nitrogens is 1. The summed E-state index contributed by atoms with van der Waals surface area (Å²) in [6, 6.07) is 10.4. The van der Waals surface area contributed by atoms with Crippen molar-refractivity contribution in [3.63, 3.8) is 0 Å². The third kappa shape index (κ3) is 5.62. The van der Waals surface area contributed by atoms with E-state index in [-0.39, 0.29) is 22.9 Å². The summed E-state index contributed by atoms with van der Waals surface area (Å²) in [7, 11) is 0. The Hall–Kier alpha value is -3.82. The summed E-state index contributed by atoms with van der Waals surface area (Å²) < 4.78 is 59.4. The molecule has 10 heteroatoms. The minimum Gasteiger partial charge on any atom is -0.457 e. The Balaban J connectivity index is 1.67. The van der Waals surface area contributed by atoms with Gasteiger partial charge in [0.1, 0.15) is 17.3 Å². The Morgan fingerprint density at radius 3 is 2.29 bits per heavy atom. The molecule has 0 atom stereocenters. The molecule has 31 heavy (non-hydrogen) atoms. The van der Waals surface area contributed by atoms with Crippen LogP contribution in [0.15, 0.2) is 48.5 Å². The molecule has 0 unspecified atom stereocenters. The number of halogens is 4. The molecule has 0 saturated heterocycles. The van der Waals surface area contributed by atoms with Gasteiger partial charge in [0.15, 0.2) is 11.6 Å². The van der Waals surface area contributed by atoms with Crippen molar-refractivity contribution in [1.29, 1.82) is 0 Å². The Labute approximate surface area is 174 Å². The lowest BCUT2D eigenvalue weighted by Crippen LogP contribution is -2.17.